The third-order valence-corrected chi connectivity index (χ3v) is 4.18. The molecule has 1 aromatic heterocycles. The van der Waals surface area contributed by atoms with E-state index in [2.05, 4.69) is 35.2 Å². The van der Waals surface area contributed by atoms with Gasteiger partial charge in [0.15, 0.2) is 11.6 Å². The standard InChI is InChI=1S/C21H24N4O2/c1-13(2)16-10-14(3)17(26-4)11-18(16)27-19-12-23-21(22)25-20(19)24-15-8-6-5-7-9-15/h5-13H,1-4H3,(H3,22,23,24,25). The number of ether oxygens (including phenoxy) is 2. The van der Waals surface area contributed by atoms with Gasteiger partial charge in [0.2, 0.25) is 5.95 Å². The van der Waals surface area contributed by atoms with Crippen LogP contribution in [0.1, 0.15) is 30.9 Å². The fraction of sp³-hybridized carbons (Fsp3) is 0.238. The van der Waals surface area contributed by atoms with Crippen LogP contribution >= 0.6 is 0 Å². The van der Waals surface area contributed by atoms with E-state index in [0.29, 0.717) is 17.3 Å². The van der Waals surface area contributed by atoms with Crippen LogP contribution in [0.25, 0.3) is 0 Å². The lowest BCUT2D eigenvalue weighted by Gasteiger charge is -2.18. The van der Waals surface area contributed by atoms with Crippen molar-refractivity contribution in [3.8, 4) is 17.2 Å². The average molecular weight is 364 g/mol. The molecule has 0 unspecified atom stereocenters. The summed E-state index contributed by atoms with van der Waals surface area (Å²) in [6.45, 7) is 6.26. The maximum atomic E-state index is 6.20. The highest BCUT2D eigenvalue weighted by Gasteiger charge is 2.16. The summed E-state index contributed by atoms with van der Waals surface area (Å²) in [6.07, 6.45) is 1.57. The summed E-state index contributed by atoms with van der Waals surface area (Å²) in [5.41, 5.74) is 8.80. The van der Waals surface area contributed by atoms with Crippen molar-refractivity contribution in [3.05, 3.63) is 59.8 Å². The van der Waals surface area contributed by atoms with Crippen LogP contribution in [0.15, 0.2) is 48.7 Å². The van der Waals surface area contributed by atoms with Crippen molar-refractivity contribution in [1.29, 1.82) is 0 Å². The minimum absolute atomic E-state index is 0.173. The van der Waals surface area contributed by atoms with Crippen molar-refractivity contribution in [2.45, 2.75) is 26.7 Å². The number of aromatic nitrogens is 2. The van der Waals surface area contributed by atoms with Crippen LogP contribution in [-0.2, 0) is 0 Å². The quantitative estimate of drug-likeness (QED) is 0.638. The van der Waals surface area contributed by atoms with E-state index < -0.39 is 0 Å². The maximum Gasteiger partial charge on any atom is 0.222 e. The molecule has 6 nitrogen and oxygen atoms in total. The molecule has 0 spiro atoms. The van der Waals surface area contributed by atoms with Gasteiger partial charge in [-0.2, -0.15) is 4.98 Å². The Morgan fingerprint density at radius 3 is 2.44 bits per heavy atom. The number of para-hydroxylation sites is 1. The Morgan fingerprint density at radius 2 is 1.78 bits per heavy atom. The van der Waals surface area contributed by atoms with Crippen LogP contribution in [0.4, 0.5) is 17.5 Å². The first-order chi connectivity index (χ1) is 13.0. The highest BCUT2D eigenvalue weighted by atomic mass is 16.5. The fourth-order valence-electron chi connectivity index (χ4n) is 2.78. The van der Waals surface area contributed by atoms with E-state index in [0.717, 1.165) is 22.6 Å². The Labute approximate surface area is 159 Å². The van der Waals surface area contributed by atoms with Gasteiger partial charge in [0, 0.05) is 11.8 Å². The monoisotopic (exact) mass is 364 g/mol. The molecule has 3 N–H and O–H groups in total. The number of rotatable bonds is 6. The number of hydrogen-bond acceptors (Lipinski definition) is 6. The molecule has 6 heteroatoms. The van der Waals surface area contributed by atoms with Crippen molar-refractivity contribution in [2.75, 3.05) is 18.2 Å². The molecule has 1 heterocycles. The zero-order chi connectivity index (χ0) is 19.4. The van der Waals surface area contributed by atoms with Gasteiger partial charge < -0.3 is 20.5 Å². The largest absolute Gasteiger partial charge is 0.496 e. The first kappa shape index (κ1) is 18.5. The molecule has 0 atom stereocenters. The zero-order valence-corrected chi connectivity index (χ0v) is 16.0. The van der Waals surface area contributed by atoms with E-state index in [1.165, 1.54) is 0 Å². The number of methoxy groups -OCH3 is 1. The van der Waals surface area contributed by atoms with E-state index in [4.69, 9.17) is 15.2 Å². The normalized spacial score (nSPS) is 10.7. The summed E-state index contributed by atoms with van der Waals surface area (Å²) in [6, 6.07) is 13.7. The van der Waals surface area contributed by atoms with Crippen molar-refractivity contribution >= 4 is 17.5 Å². The molecule has 0 aliphatic rings. The molecule has 27 heavy (non-hydrogen) atoms. The van der Waals surface area contributed by atoms with Crippen LogP contribution in [0.2, 0.25) is 0 Å². The molecule has 0 aliphatic carbocycles. The van der Waals surface area contributed by atoms with E-state index in [1.807, 2.05) is 43.3 Å². The third-order valence-electron chi connectivity index (χ3n) is 4.18. The van der Waals surface area contributed by atoms with Gasteiger partial charge in [-0.15, -0.1) is 0 Å². The summed E-state index contributed by atoms with van der Waals surface area (Å²) in [5.74, 6) is 2.92. The SMILES string of the molecule is COc1cc(Oc2cnc(N)nc2Nc2ccccc2)c(C(C)C)cc1C. The Balaban J connectivity index is 2.01. The number of hydrogen-bond donors (Lipinski definition) is 2. The Hall–Kier alpha value is -3.28. The van der Waals surface area contributed by atoms with Gasteiger partial charge in [-0.05, 0) is 42.2 Å². The second-order valence-electron chi connectivity index (χ2n) is 6.55. The number of nitrogens with zero attached hydrogens (tertiary/aromatic N) is 2. The molecule has 3 rings (SSSR count). The van der Waals surface area contributed by atoms with E-state index >= 15 is 0 Å². The van der Waals surface area contributed by atoms with Crippen molar-refractivity contribution < 1.29 is 9.47 Å². The summed E-state index contributed by atoms with van der Waals surface area (Å²) in [5, 5.41) is 3.23. The topological polar surface area (TPSA) is 82.3 Å². The summed E-state index contributed by atoms with van der Waals surface area (Å²) < 4.78 is 11.7. The molecule has 0 saturated heterocycles. The van der Waals surface area contributed by atoms with Crippen LogP contribution in [0.3, 0.4) is 0 Å². The van der Waals surface area contributed by atoms with Crippen LogP contribution in [-0.4, -0.2) is 17.1 Å². The molecule has 0 bridgehead atoms. The minimum Gasteiger partial charge on any atom is -0.496 e. The second-order valence-corrected chi connectivity index (χ2v) is 6.55. The van der Waals surface area contributed by atoms with Crippen LogP contribution in [0.5, 0.6) is 17.2 Å². The lowest BCUT2D eigenvalue weighted by Crippen LogP contribution is -2.04. The minimum atomic E-state index is 0.173. The van der Waals surface area contributed by atoms with Crippen molar-refractivity contribution in [2.24, 2.45) is 0 Å². The molecule has 0 aliphatic heterocycles. The predicted octanol–water partition coefficient (Wildman–Crippen LogP) is 5.04. The molecular weight excluding hydrogens is 340 g/mol. The van der Waals surface area contributed by atoms with Gasteiger partial charge in [-0.1, -0.05) is 32.0 Å². The van der Waals surface area contributed by atoms with Crippen molar-refractivity contribution in [1.82, 2.24) is 9.97 Å². The number of anilines is 3. The lowest BCUT2D eigenvalue weighted by molar-refractivity contribution is 0.404. The van der Waals surface area contributed by atoms with Gasteiger partial charge in [-0.25, -0.2) is 4.98 Å². The molecule has 0 fully saturated rings. The molecule has 0 amide bonds. The highest BCUT2D eigenvalue weighted by molar-refractivity contribution is 5.63. The fourth-order valence-corrected chi connectivity index (χ4v) is 2.78. The zero-order valence-electron chi connectivity index (χ0n) is 16.0. The molecule has 3 aromatic rings. The number of benzene rings is 2. The summed E-state index contributed by atoms with van der Waals surface area (Å²) >= 11 is 0. The smallest absolute Gasteiger partial charge is 0.222 e. The van der Waals surface area contributed by atoms with Gasteiger partial charge >= 0.3 is 0 Å². The van der Waals surface area contributed by atoms with Gasteiger partial charge in [0.05, 0.1) is 13.3 Å². The Kier molecular flexibility index (Phi) is 5.45. The van der Waals surface area contributed by atoms with Gasteiger partial charge in [0.1, 0.15) is 11.5 Å². The summed E-state index contributed by atoms with van der Waals surface area (Å²) in [4.78, 5) is 8.38. The average Bonchev–Trinajstić information content (AvgIpc) is 2.65. The van der Waals surface area contributed by atoms with E-state index in [-0.39, 0.29) is 11.9 Å². The molecular formula is C21H24N4O2. The molecule has 2 aromatic carbocycles. The molecule has 140 valence electrons. The van der Waals surface area contributed by atoms with Crippen LogP contribution in [0, 0.1) is 6.92 Å². The highest BCUT2D eigenvalue weighted by Crippen LogP contribution is 2.38. The molecule has 0 radical (unpaired) electrons. The Morgan fingerprint density at radius 1 is 1.04 bits per heavy atom. The van der Waals surface area contributed by atoms with E-state index in [1.54, 1.807) is 13.3 Å². The lowest BCUT2D eigenvalue weighted by atomic mass is 9.99. The first-order valence-electron chi connectivity index (χ1n) is 8.79. The first-order valence-corrected chi connectivity index (χ1v) is 8.79. The van der Waals surface area contributed by atoms with Gasteiger partial charge in [-0.3, -0.25) is 0 Å². The van der Waals surface area contributed by atoms with Crippen molar-refractivity contribution in [3.63, 3.8) is 0 Å². The Bertz CT molecular complexity index is 927. The number of aryl methyl sites for hydroxylation is 1. The summed E-state index contributed by atoms with van der Waals surface area (Å²) in [7, 11) is 1.65. The number of nitrogen functional groups attached to an aromatic ring is 1. The molecule has 0 saturated carbocycles. The third kappa shape index (κ3) is 4.28. The van der Waals surface area contributed by atoms with Crippen LogP contribution < -0.4 is 20.5 Å². The number of nitrogens with two attached hydrogens (primary N) is 1. The second kappa shape index (κ2) is 7.95. The maximum absolute atomic E-state index is 6.20. The number of nitrogens with one attached hydrogen (secondary N) is 1. The van der Waals surface area contributed by atoms with E-state index in [9.17, 15) is 0 Å². The predicted molar refractivity (Wildman–Crippen MR) is 108 cm³/mol. The van der Waals surface area contributed by atoms with Gasteiger partial charge in [0.25, 0.3) is 0 Å².